The maximum Gasteiger partial charge on any atom is 0.329 e. The molecule has 19 heavy (non-hydrogen) atoms. The van der Waals surface area contributed by atoms with Crippen LogP contribution in [0.4, 0.5) is 0 Å². The predicted octanol–water partition coefficient (Wildman–Crippen LogP) is 1.03. The van der Waals surface area contributed by atoms with E-state index in [1.807, 2.05) is 0 Å². The second kappa shape index (κ2) is 4.78. The van der Waals surface area contributed by atoms with E-state index in [4.69, 9.17) is 0 Å². The molecular weight excluding hydrogens is 244 g/mol. The summed E-state index contributed by atoms with van der Waals surface area (Å²) in [7, 11) is 0. The zero-order valence-electron chi connectivity index (χ0n) is 11.2. The fourth-order valence-electron chi connectivity index (χ4n) is 3.77. The quantitative estimate of drug-likeness (QED) is 0.713. The number of carboxylic acid groups (broad SMARTS) is 1. The Hall–Kier alpha value is -1.10. The molecular formula is C14H22N2O3. The number of carboxylic acids is 1. The molecule has 3 rings (SSSR count). The van der Waals surface area contributed by atoms with Crippen LogP contribution in [-0.4, -0.2) is 34.6 Å². The van der Waals surface area contributed by atoms with Crippen LogP contribution in [0.1, 0.15) is 51.4 Å². The molecule has 5 heteroatoms. The van der Waals surface area contributed by atoms with Crippen LogP contribution in [0.3, 0.4) is 0 Å². The molecule has 1 heterocycles. The summed E-state index contributed by atoms with van der Waals surface area (Å²) in [5.74, 6) is -0.398. The van der Waals surface area contributed by atoms with Gasteiger partial charge in [0.15, 0.2) is 0 Å². The van der Waals surface area contributed by atoms with Crippen LogP contribution in [0.5, 0.6) is 0 Å². The second-order valence-corrected chi connectivity index (χ2v) is 6.34. The third-order valence-corrected chi connectivity index (χ3v) is 5.16. The minimum atomic E-state index is -0.980. The molecule has 3 fully saturated rings. The maximum atomic E-state index is 12.3. The van der Waals surface area contributed by atoms with E-state index in [9.17, 15) is 14.7 Å². The number of aliphatic carboxylic acids is 1. The number of hydrogen-bond acceptors (Lipinski definition) is 3. The monoisotopic (exact) mass is 266 g/mol. The first-order valence-electron chi connectivity index (χ1n) is 7.42. The van der Waals surface area contributed by atoms with Crippen molar-refractivity contribution in [3.05, 3.63) is 0 Å². The van der Waals surface area contributed by atoms with E-state index < -0.39 is 11.5 Å². The van der Waals surface area contributed by atoms with Crippen LogP contribution in [-0.2, 0) is 9.59 Å². The Morgan fingerprint density at radius 2 is 1.89 bits per heavy atom. The van der Waals surface area contributed by atoms with Crippen LogP contribution in [0, 0.1) is 5.92 Å². The molecule has 0 aromatic heterocycles. The Kier molecular flexibility index (Phi) is 3.25. The van der Waals surface area contributed by atoms with Gasteiger partial charge in [-0.2, -0.15) is 0 Å². The first-order chi connectivity index (χ1) is 9.11. The topological polar surface area (TPSA) is 78.4 Å². The third kappa shape index (κ3) is 2.24. The molecule has 106 valence electrons. The largest absolute Gasteiger partial charge is 0.480 e. The molecule has 5 nitrogen and oxygen atoms in total. The van der Waals surface area contributed by atoms with E-state index in [2.05, 4.69) is 10.6 Å². The Morgan fingerprint density at radius 1 is 1.16 bits per heavy atom. The average Bonchev–Trinajstić information content (AvgIpc) is 2.76. The molecule has 1 amide bonds. The van der Waals surface area contributed by atoms with Gasteiger partial charge >= 0.3 is 5.97 Å². The van der Waals surface area contributed by atoms with Crippen LogP contribution >= 0.6 is 0 Å². The second-order valence-electron chi connectivity index (χ2n) is 6.34. The van der Waals surface area contributed by atoms with Crippen molar-refractivity contribution in [1.82, 2.24) is 10.6 Å². The SMILES string of the molecule is O=C(NC1(C(=O)O)CCC1)C1CC2CCCCC2N1. The molecule has 1 aliphatic heterocycles. The first-order valence-corrected chi connectivity index (χ1v) is 7.42. The number of fused-ring (bicyclic) bond motifs is 1. The number of hydrogen-bond donors (Lipinski definition) is 3. The van der Waals surface area contributed by atoms with Crippen LogP contribution in [0.25, 0.3) is 0 Å². The van der Waals surface area contributed by atoms with Crippen molar-refractivity contribution in [2.45, 2.75) is 69.0 Å². The van der Waals surface area contributed by atoms with Gasteiger partial charge < -0.3 is 15.7 Å². The lowest BCUT2D eigenvalue weighted by Gasteiger charge is -2.38. The predicted molar refractivity (Wildman–Crippen MR) is 69.6 cm³/mol. The number of amides is 1. The van der Waals surface area contributed by atoms with Crippen molar-refractivity contribution < 1.29 is 14.7 Å². The standard InChI is InChI=1S/C14H22N2O3/c17-12(16-14(13(18)19)6-3-7-14)11-8-9-4-1-2-5-10(9)15-11/h9-11,15H,1-8H2,(H,16,17)(H,18,19). The molecule has 1 saturated heterocycles. The van der Waals surface area contributed by atoms with Crippen LogP contribution in [0.15, 0.2) is 0 Å². The molecule has 3 atom stereocenters. The zero-order chi connectivity index (χ0) is 13.5. The Labute approximate surface area is 113 Å². The van der Waals surface area contributed by atoms with E-state index in [-0.39, 0.29) is 11.9 Å². The van der Waals surface area contributed by atoms with Crippen LogP contribution in [0.2, 0.25) is 0 Å². The Bertz CT molecular complexity index is 378. The van der Waals surface area contributed by atoms with Gasteiger partial charge in [0.05, 0.1) is 6.04 Å². The molecule has 0 radical (unpaired) electrons. The van der Waals surface area contributed by atoms with Gasteiger partial charge in [0, 0.05) is 6.04 Å². The highest BCUT2D eigenvalue weighted by Gasteiger charge is 2.48. The van der Waals surface area contributed by atoms with Crippen molar-refractivity contribution in [2.24, 2.45) is 5.92 Å². The van der Waals surface area contributed by atoms with Crippen molar-refractivity contribution in [3.8, 4) is 0 Å². The van der Waals surface area contributed by atoms with E-state index >= 15 is 0 Å². The number of rotatable bonds is 3. The van der Waals surface area contributed by atoms with E-state index in [1.54, 1.807) is 0 Å². The fourth-order valence-corrected chi connectivity index (χ4v) is 3.77. The summed E-state index contributed by atoms with van der Waals surface area (Å²) in [6.07, 6.45) is 7.73. The van der Waals surface area contributed by atoms with Gasteiger partial charge in [0.2, 0.25) is 5.91 Å². The summed E-state index contributed by atoms with van der Waals surface area (Å²) in [6, 6.07) is 0.275. The molecule has 0 spiro atoms. The van der Waals surface area contributed by atoms with Crippen molar-refractivity contribution in [3.63, 3.8) is 0 Å². The summed E-state index contributed by atoms with van der Waals surface area (Å²) in [5, 5.41) is 15.4. The molecule has 2 aliphatic carbocycles. The van der Waals surface area contributed by atoms with Crippen molar-refractivity contribution in [1.29, 1.82) is 0 Å². The highest BCUT2D eigenvalue weighted by atomic mass is 16.4. The van der Waals surface area contributed by atoms with E-state index in [1.165, 1.54) is 19.3 Å². The third-order valence-electron chi connectivity index (χ3n) is 5.16. The molecule has 0 aromatic carbocycles. The van der Waals surface area contributed by atoms with E-state index in [0.717, 1.165) is 19.3 Å². The number of nitrogens with one attached hydrogen (secondary N) is 2. The molecule has 3 aliphatic rings. The number of carbonyl (C=O) groups is 2. The van der Waals surface area contributed by atoms with Gasteiger partial charge in [-0.05, 0) is 44.4 Å². The summed E-state index contributed by atoms with van der Waals surface area (Å²) < 4.78 is 0. The fraction of sp³-hybridized carbons (Fsp3) is 0.857. The average molecular weight is 266 g/mol. The highest BCUT2D eigenvalue weighted by Crippen LogP contribution is 2.35. The van der Waals surface area contributed by atoms with Gasteiger partial charge in [-0.3, -0.25) is 4.79 Å². The Morgan fingerprint density at radius 3 is 2.47 bits per heavy atom. The van der Waals surface area contributed by atoms with Gasteiger partial charge in [0.25, 0.3) is 0 Å². The summed E-state index contributed by atoms with van der Waals surface area (Å²) in [5.41, 5.74) is -0.980. The van der Waals surface area contributed by atoms with Gasteiger partial charge in [-0.25, -0.2) is 4.79 Å². The minimum Gasteiger partial charge on any atom is -0.480 e. The minimum absolute atomic E-state index is 0.114. The molecule has 2 saturated carbocycles. The Balaban J connectivity index is 1.60. The first kappa shape index (κ1) is 12.9. The molecule has 3 N–H and O–H groups in total. The van der Waals surface area contributed by atoms with Crippen molar-refractivity contribution in [2.75, 3.05) is 0 Å². The lowest BCUT2D eigenvalue weighted by atomic mass is 9.76. The highest BCUT2D eigenvalue weighted by molar-refractivity contribution is 5.90. The van der Waals surface area contributed by atoms with Crippen molar-refractivity contribution >= 4 is 11.9 Å². The van der Waals surface area contributed by atoms with E-state index in [0.29, 0.717) is 24.8 Å². The molecule has 3 unspecified atom stereocenters. The number of carbonyl (C=O) groups excluding carboxylic acids is 1. The molecule has 0 bridgehead atoms. The smallest absolute Gasteiger partial charge is 0.329 e. The van der Waals surface area contributed by atoms with Crippen LogP contribution < -0.4 is 10.6 Å². The maximum absolute atomic E-state index is 12.3. The zero-order valence-corrected chi connectivity index (χ0v) is 11.2. The lowest BCUT2D eigenvalue weighted by molar-refractivity contribution is -0.152. The normalized spacial score (nSPS) is 36.1. The van der Waals surface area contributed by atoms with Gasteiger partial charge in [-0.15, -0.1) is 0 Å². The summed E-state index contributed by atoms with van der Waals surface area (Å²) >= 11 is 0. The summed E-state index contributed by atoms with van der Waals surface area (Å²) in [4.78, 5) is 23.5. The van der Waals surface area contributed by atoms with Gasteiger partial charge in [-0.1, -0.05) is 12.8 Å². The summed E-state index contributed by atoms with van der Waals surface area (Å²) in [6.45, 7) is 0. The lowest BCUT2D eigenvalue weighted by Crippen LogP contribution is -2.62. The molecule has 0 aromatic rings. The van der Waals surface area contributed by atoms with Gasteiger partial charge in [0.1, 0.15) is 5.54 Å².